The highest BCUT2D eigenvalue weighted by Gasteiger charge is 2.63. The summed E-state index contributed by atoms with van der Waals surface area (Å²) in [7, 11) is 0. The molecule has 6 fully saturated rings. The number of nitrogens with one attached hydrogen (secondary N) is 2. The Morgan fingerprint density at radius 1 is 1.22 bits per heavy atom. The van der Waals surface area contributed by atoms with Crippen molar-refractivity contribution in [2.24, 2.45) is 17.3 Å². The second-order valence-corrected chi connectivity index (χ2v) is 9.19. The van der Waals surface area contributed by atoms with Crippen LogP contribution in [0.25, 0.3) is 0 Å². The number of amidine groups is 1. The molecule has 4 atom stereocenters. The fourth-order valence-corrected chi connectivity index (χ4v) is 6.70. The average molecular weight is 317 g/mol. The van der Waals surface area contributed by atoms with Gasteiger partial charge in [-0.15, -0.1) is 0 Å². The highest BCUT2D eigenvalue weighted by atomic mass is 16.3. The van der Waals surface area contributed by atoms with Gasteiger partial charge in [0.2, 0.25) is 5.91 Å². The normalized spacial score (nSPS) is 52.0. The molecule has 126 valence electrons. The predicted octanol–water partition coefficient (Wildman–Crippen LogP) is 1.65. The zero-order valence-corrected chi connectivity index (χ0v) is 13.8. The summed E-state index contributed by atoms with van der Waals surface area (Å²) in [5, 5.41) is 22.6. The number of amides is 1. The summed E-state index contributed by atoms with van der Waals surface area (Å²) in [6.45, 7) is 1.97. The van der Waals surface area contributed by atoms with E-state index in [4.69, 9.17) is 5.41 Å². The first-order valence-corrected chi connectivity index (χ1v) is 9.29. The molecule has 1 heterocycles. The summed E-state index contributed by atoms with van der Waals surface area (Å²) in [5.74, 6) is 1.82. The van der Waals surface area contributed by atoms with E-state index in [1.165, 1.54) is 6.42 Å². The number of hydrogen-bond acceptors (Lipinski definition) is 3. The third kappa shape index (κ3) is 1.95. The molecule has 1 aliphatic heterocycles. The van der Waals surface area contributed by atoms with Crippen molar-refractivity contribution in [3.63, 3.8) is 0 Å². The molecule has 5 saturated carbocycles. The van der Waals surface area contributed by atoms with Crippen molar-refractivity contribution in [2.75, 3.05) is 0 Å². The summed E-state index contributed by atoms with van der Waals surface area (Å²) < 4.78 is 0. The van der Waals surface area contributed by atoms with Crippen LogP contribution in [0.3, 0.4) is 0 Å². The number of piperazine rings is 1. The predicted molar refractivity (Wildman–Crippen MR) is 86.0 cm³/mol. The van der Waals surface area contributed by atoms with E-state index in [1.807, 2.05) is 11.8 Å². The fourth-order valence-electron chi connectivity index (χ4n) is 6.70. The van der Waals surface area contributed by atoms with Gasteiger partial charge in [-0.1, -0.05) is 0 Å². The maximum absolute atomic E-state index is 13.3. The summed E-state index contributed by atoms with van der Waals surface area (Å²) in [5.41, 5.74) is -0.683. The number of carbonyl (C=O) groups is 1. The lowest BCUT2D eigenvalue weighted by Gasteiger charge is -2.63. The maximum Gasteiger partial charge on any atom is 0.246 e. The van der Waals surface area contributed by atoms with Crippen LogP contribution < -0.4 is 5.32 Å². The van der Waals surface area contributed by atoms with Gasteiger partial charge in [-0.25, -0.2) is 0 Å². The molecule has 1 saturated heterocycles. The van der Waals surface area contributed by atoms with Crippen LogP contribution in [0, 0.1) is 22.7 Å². The number of carbonyl (C=O) groups excluding carboxylic acids is 1. The van der Waals surface area contributed by atoms with E-state index < -0.39 is 5.60 Å². The molecule has 5 aliphatic carbocycles. The minimum atomic E-state index is -0.554. The van der Waals surface area contributed by atoms with E-state index in [0.29, 0.717) is 23.7 Å². The minimum Gasteiger partial charge on any atom is -0.390 e. The Morgan fingerprint density at radius 2 is 1.87 bits per heavy atom. The number of nitrogens with zero attached hydrogens (tertiary/aromatic N) is 1. The number of hydrogen-bond donors (Lipinski definition) is 3. The highest BCUT2D eigenvalue weighted by Crippen LogP contribution is 2.63. The highest BCUT2D eigenvalue weighted by molar-refractivity contribution is 5.99. The van der Waals surface area contributed by atoms with Gasteiger partial charge in [0, 0.05) is 11.5 Å². The van der Waals surface area contributed by atoms with Crippen LogP contribution in [-0.2, 0) is 4.79 Å². The second-order valence-electron chi connectivity index (χ2n) is 9.19. The Balaban J connectivity index is 1.51. The maximum atomic E-state index is 13.3. The van der Waals surface area contributed by atoms with Crippen molar-refractivity contribution in [3.8, 4) is 0 Å². The van der Waals surface area contributed by atoms with Gasteiger partial charge >= 0.3 is 0 Å². The molecule has 1 amide bonds. The lowest BCUT2D eigenvalue weighted by atomic mass is 9.46. The molecule has 0 aromatic heterocycles. The molecule has 0 radical (unpaired) electrons. The van der Waals surface area contributed by atoms with Crippen LogP contribution in [0.5, 0.6) is 0 Å². The molecule has 6 rings (SSSR count). The lowest BCUT2D eigenvalue weighted by Crippen LogP contribution is -2.71. The Kier molecular flexibility index (Phi) is 2.66. The van der Waals surface area contributed by atoms with Crippen LogP contribution in [0.4, 0.5) is 0 Å². The van der Waals surface area contributed by atoms with Gasteiger partial charge in [0.15, 0.2) is 0 Å². The van der Waals surface area contributed by atoms with E-state index >= 15 is 0 Å². The van der Waals surface area contributed by atoms with Gasteiger partial charge in [0.1, 0.15) is 11.9 Å². The smallest absolute Gasteiger partial charge is 0.246 e. The molecule has 0 aromatic rings. The van der Waals surface area contributed by atoms with Crippen LogP contribution >= 0.6 is 0 Å². The molecule has 5 nitrogen and oxygen atoms in total. The first-order chi connectivity index (χ1) is 10.9. The van der Waals surface area contributed by atoms with Gasteiger partial charge in [0.25, 0.3) is 0 Å². The first-order valence-electron chi connectivity index (χ1n) is 9.29. The van der Waals surface area contributed by atoms with Gasteiger partial charge in [0.05, 0.1) is 11.6 Å². The molecule has 3 N–H and O–H groups in total. The summed E-state index contributed by atoms with van der Waals surface area (Å²) in [6, 6.07) is -0.0630. The summed E-state index contributed by atoms with van der Waals surface area (Å²) in [6.07, 6.45) is 8.09. The summed E-state index contributed by atoms with van der Waals surface area (Å²) in [4.78, 5) is 15.2. The van der Waals surface area contributed by atoms with Crippen LogP contribution in [0.1, 0.15) is 58.3 Å². The molecular formula is C18H27N3O2. The van der Waals surface area contributed by atoms with Crippen molar-refractivity contribution in [3.05, 3.63) is 0 Å². The topological polar surface area (TPSA) is 76.4 Å². The number of aliphatic hydroxyl groups is 1. The van der Waals surface area contributed by atoms with Gasteiger partial charge < -0.3 is 15.3 Å². The minimum absolute atomic E-state index is 0.122. The van der Waals surface area contributed by atoms with E-state index in [1.54, 1.807) is 0 Å². The zero-order chi connectivity index (χ0) is 16.0. The Morgan fingerprint density at radius 3 is 2.43 bits per heavy atom. The monoisotopic (exact) mass is 317 g/mol. The van der Waals surface area contributed by atoms with Crippen molar-refractivity contribution < 1.29 is 9.90 Å². The Labute approximate surface area is 137 Å². The van der Waals surface area contributed by atoms with Gasteiger partial charge in [-0.05, 0) is 70.1 Å². The third-order valence-electron chi connectivity index (χ3n) is 7.26. The Hall–Kier alpha value is -1.10. The molecule has 4 unspecified atom stereocenters. The molecule has 6 aliphatic rings. The molecular weight excluding hydrogens is 290 g/mol. The number of rotatable bonds is 2. The summed E-state index contributed by atoms with van der Waals surface area (Å²) >= 11 is 0. The van der Waals surface area contributed by atoms with Crippen molar-refractivity contribution in [1.29, 1.82) is 5.41 Å². The second kappa shape index (κ2) is 4.29. The van der Waals surface area contributed by atoms with E-state index in [-0.39, 0.29) is 23.4 Å². The largest absolute Gasteiger partial charge is 0.390 e. The van der Waals surface area contributed by atoms with E-state index in [0.717, 1.165) is 44.9 Å². The van der Waals surface area contributed by atoms with E-state index in [9.17, 15) is 9.90 Å². The van der Waals surface area contributed by atoms with Crippen molar-refractivity contribution in [2.45, 2.75) is 82.0 Å². The van der Waals surface area contributed by atoms with Gasteiger partial charge in [-0.2, -0.15) is 0 Å². The van der Waals surface area contributed by atoms with Crippen molar-refractivity contribution >= 4 is 11.7 Å². The molecule has 23 heavy (non-hydrogen) atoms. The third-order valence-corrected chi connectivity index (χ3v) is 7.26. The quantitative estimate of drug-likeness (QED) is 0.725. The average Bonchev–Trinajstić information content (AvgIpc) is 3.25. The Bertz CT molecular complexity index is 571. The first kappa shape index (κ1) is 14.3. The fraction of sp³-hybridized carbons (Fsp3) is 0.889. The van der Waals surface area contributed by atoms with Crippen LogP contribution in [-0.4, -0.2) is 45.5 Å². The standard InChI is InChI=1S/C18H27N3O2/c1-10-15(19)20-14(16(22)21(10)13-2-3-13)17-5-11-4-12(6-17)8-18(23,7-11)9-17/h10-14,23H,2-9H2,1H3,(H2,19,20). The van der Waals surface area contributed by atoms with Crippen LogP contribution in [0.2, 0.25) is 0 Å². The molecule has 0 spiro atoms. The molecule has 4 bridgehead atoms. The van der Waals surface area contributed by atoms with E-state index in [2.05, 4.69) is 5.32 Å². The van der Waals surface area contributed by atoms with Gasteiger partial charge in [-0.3, -0.25) is 10.2 Å². The van der Waals surface area contributed by atoms with Crippen LogP contribution in [0.15, 0.2) is 0 Å². The molecule has 5 heteroatoms. The lowest BCUT2D eigenvalue weighted by molar-refractivity contribution is -0.181. The van der Waals surface area contributed by atoms with Crippen molar-refractivity contribution in [1.82, 2.24) is 10.2 Å². The molecule has 0 aromatic carbocycles. The zero-order valence-electron chi connectivity index (χ0n) is 13.8. The SMILES string of the molecule is CC1C(=N)NC(C23CC4CC(CC(O)(C4)C2)C3)C(=O)N1C1CC1.